The Hall–Kier alpha value is -2.56. The molecule has 0 aliphatic rings. The maximum Gasteiger partial charge on any atom is 0.257 e. The van der Waals surface area contributed by atoms with Crippen molar-refractivity contribution in [1.29, 1.82) is 0 Å². The van der Waals surface area contributed by atoms with Gasteiger partial charge in [-0.05, 0) is 48.7 Å². The van der Waals surface area contributed by atoms with Crippen molar-refractivity contribution in [2.24, 2.45) is 0 Å². The highest BCUT2D eigenvalue weighted by atomic mass is 16.5. The molecule has 2 rings (SSSR count). The van der Waals surface area contributed by atoms with Gasteiger partial charge in [-0.3, -0.25) is 9.78 Å². The molecule has 0 spiro atoms. The van der Waals surface area contributed by atoms with Crippen LogP contribution in [0.5, 0.6) is 11.5 Å². The molecule has 1 amide bonds. The molecular weight excluding hydrogens is 292 g/mol. The molecule has 2 aromatic rings. The fraction of sp³-hybridized carbons (Fsp3) is 0.333. The fourth-order valence-electron chi connectivity index (χ4n) is 2.37. The number of pyridine rings is 1. The van der Waals surface area contributed by atoms with Crippen molar-refractivity contribution in [3.05, 3.63) is 53.3 Å². The number of benzene rings is 1. The van der Waals surface area contributed by atoms with Crippen LogP contribution in [0.1, 0.15) is 21.5 Å². The van der Waals surface area contributed by atoms with Crippen molar-refractivity contribution in [1.82, 2.24) is 9.88 Å². The number of aryl methyl sites for hydroxylation is 1. The highest BCUT2D eigenvalue weighted by Gasteiger charge is 2.19. The minimum absolute atomic E-state index is 0.0887. The van der Waals surface area contributed by atoms with Gasteiger partial charge in [0.05, 0.1) is 19.8 Å². The van der Waals surface area contributed by atoms with Crippen molar-refractivity contribution < 1.29 is 14.3 Å². The van der Waals surface area contributed by atoms with E-state index in [9.17, 15) is 4.79 Å². The smallest absolute Gasteiger partial charge is 0.257 e. The first-order valence-electron chi connectivity index (χ1n) is 7.43. The Kier molecular flexibility index (Phi) is 5.57. The van der Waals surface area contributed by atoms with Crippen LogP contribution < -0.4 is 9.47 Å². The van der Waals surface area contributed by atoms with Gasteiger partial charge in [-0.1, -0.05) is 0 Å². The van der Waals surface area contributed by atoms with Gasteiger partial charge in [-0.25, -0.2) is 0 Å². The molecule has 1 aromatic heterocycles. The number of rotatable bonds is 6. The number of carbonyl (C=O) groups is 1. The molecule has 5 nitrogen and oxygen atoms in total. The molecule has 0 saturated heterocycles. The van der Waals surface area contributed by atoms with Crippen LogP contribution >= 0.6 is 0 Å². The number of carbonyl (C=O) groups excluding carboxylic acids is 1. The third kappa shape index (κ3) is 4.00. The van der Waals surface area contributed by atoms with Crippen LogP contribution in [0, 0.1) is 6.92 Å². The topological polar surface area (TPSA) is 51.7 Å². The van der Waals surface area contributed by atoms with E-state index >= 15 is 0 Å². The Morgan fingerprint density at radius 3 is 2.39 bits per heavy atom. The first-order valence-corrected chi connectivity index (χ1v) is 7.43. The molecule has 0 unspecified atom stereocenters. The average Bonchev–Trinajstić information content (AvgIpc) is 2.59. The molecule has 122 valence electrons. The Labute approximate surface area is 136 Å². The summed E-state index contributed by atoms with van der Waals surface area (Å²) in [5.41, 5.74) is 2.58. The summed E-state index contributed by atoms with van der Waals surface area (Å²) in [6, 6.07) is 7.46. The number of ether oxygens (including phenoxy) is 2. The predicted molar refractivity (Wildman–Crippen MR) is 89.2 cm³/mol. The van der Waals surface area contributed by atoms with E-state index in [-0.39, 0.29) is 5.91 Å². The summed E-state index contributed by atoms with van der Waals surface area (Å²) in [5.74, 6) is 1.15. The average molecular weight is 314 g/mol. The first kappa shape index (κ1) is 16.8. The van der Waals surface area contributed by atoms with Crippen molar-refractivity contribution in [2.45, 2.75) is 13.3 Å². The van der Waals surface area contributed by atoms with Gasteiger partial charge >= 0.3 is 0 Å². The number of amides is 1. The van der Waals surface area contributed by atoms with Crippen molar-refractivity contribution in [2.75, 3.05) is 27.8 Å². The maximum absolute atomic E-state index is 12.7. The minimum atomic E-state index is -0.0887. The highest BCUT2D eigenvalue weighted by Crippen LogP contribution is 2.29. The molecule has 0 atom stereocenters. The lowest BCUT2D eigenvalue weighted by Gasteiger charge is -2.20. The van der Waals surface area contributed by atoms with Crippen molar-refractivity contribution in [3.8, 4) is 11.5 Å². The number of nitrogens with zero attached hydrogens (tertiary/aromatic N) is 2. The zero-order chi connectivity index (χ0) is 16.8. The normalized spacial score (nSPS) is 10.3. The lowest BCUT2D eigenvalue weighted by Crippen LogP contribution is -2.29. The summed E-state index contributed by atoms with van der Waals surface area (Å²) >= 11 is 0. The Morgan fingerprint density at radius 2 is 1.78 bits per heavy atom. The molecule has 23 heavy (non-hydrogen) atoms. The van der Waals surface area contributed by atoms with Crippen LogP contribution in [0.2, 0.25) is 0 Å². The Balaban J connectivity index is 2.15. The molecule has 0 radical (unpaired) electrons. The summed E-state index contributed by atoms with van der Waals surface area (Å²) in [6.45, 7) is 2.53. The highest BCUT2D eigenvalue weighted by molar-refractivity contribution is 5.97. The molecule has 0 aliphatic heterocycles. The van der Waals surface area contributed by atoms with E-state index in [0.717, 1.165) is 17.5 Å². The Morgan fingerprint density at radius 1 is 1.13 bits per heavy atom. The quantitative estimate of drug-likeness (QED) is 0.822. The van der Waals surface area contributed by atoms with E-state index in [1.54, 1.807) is 44.6 Å². The zero-order valence-corrected chi connectivity index (χ0v) is 14.0. The van der Waals surface area contributed by atoms with Gasteiger partial charge < -0.3 is 14.4 Å². The number of aromatic nitrogens is 1. The van der Waals surface area contributed by atoms with Gasteiger partial charge in [0.2, 0.25) is 0 Å². The number of hydrogen-bond acceptors (Lipinski definition) is 4. The van der Waals surface area contributed by atoms with Crippen molar-refractivity contribution in [3.63, 3.8) is 0 Å². The second-order valence-electron chi connectivity index (χ2n) is 5.35. The van der Waals surface area contributed by atoms with E-state index < -0.39 is 0 Å². The first-order chi connectivity index (χ1) is 11.1. The monoisotopic (exact) mass is 314 g/mol. The standard InChI is InChI=1S/C18H22N2O3/c1-13-11-17(23-4)15(12-16(13)22-3)18(21)20(2)10-7-14-5-8-19-9-6-14/h5-6,8-9,11-12H,7,10H2,1-4H3. The molecular formula is C18H22N2O3. The molecule has 0 bridgehead atoms. The number of likely N-dealkylation sites (N-methyl/N-ethyl adjacent to an activating group) is 1. The van der Waals surface area contributed by atoms with Gasteiger partial charge in [-0.2, -0.15) is 0 Å². The van der Waals surface area contributed by atoms with E-state index in [2.05, 4.69) is 4.98 Å². The minimum Gasteiger partial charge on any atom is -0.496 e. The lowest BCUT2D eigenvalue weighted by atomic mass is 10.1. The van der Waals surface area contributed by atoms with E-state index in [1.165, 1.54) is 0 Å². The Bertz CT molecular complexity index is 671. The second-order valence-corrected chi connectivity index (χ2v) is 5.35. The molecule has 5 heteroatoms. The van der Waals surface area contributed by atoms with E-state index in [1.807, 2.05) is 25.1 Å². The van der Waals surface area contributed by atoms with E-state index in [0.29, 0.717) is 23.6 Å². The predicted octanol–water partition coefficient (Wildman–Crippen LogP) is 2.72. The fourth-order valence-corrected chi connectivity index (χ4v) is 2.37. The summed E-state index contributed by atoms with van der Waals surface area (Å²) in [6.07, 6.45) is 4.28. The summed E-state index contributed by atoms with van der Waals surface area (Å²) in [4.78, 5) is 18.4. The third-order valence-corrected chi connectivity index (χ3v) is 3.78. The molecule has 0 fully saturated rings. The van der Waals surface area contributed by atoms with Crippen molar-refractivity contribution >= 4 is 5.91 Å². The molecule has 0 N–H and O–H groups in total. The molecule has 1 aromatic carbocycles. The van der Waals surface area contributed by atoms with Gasteiger partial charge in [0.1, 0.15) is 11.5 Å². The number of hydrogen-bond donors (Lipinski definition) is 0. The summed E-state index contributed by atoms with van der Waals surface area (Å²) in [7, 11) is 4.94. The number of methoxy groups -OCH3 is 2. The molecule has 1 heterocycles. The largest absolute Gasteiger partial charge is 0.496 e. The molecule has 0 saturated carbocycles. The molecule has 0 aliphatic carbocycles. The van der Waals surface area contributed by atoms with Crippen LogP contribution in [0.4, 0.5) is 0 Å². The second kappa shape index (κ2) is 7.63. The zero-order valence-electron chi connectivity index (χ0n) is 14.0. The summed E-state index contributed by atoms with van der Waals surface area (Å²) < 4.78 is 10.7. The van der Waals surface area contributed by atoms with Crippen LogP contribution in [0.3, 0.4) is 0 Å². The lowest BCUT2D eigenvalue weighted by molar-refractivity contribution is 0.0793. The van der Waals surface area contributed by atoms with Crippen LogP contribution in [0.25, 0.3) is 0 Å². The van der Waals surface area contributed by atoms with Crippen LogP contribution in [-0.4, -0.2) is 43.6 Å². The van der Waals surface area contributed by atoms with Gasteiger partial charge in [0, 0.05) is 26.0 Å². The van der Waals surface area contributed by atoms with Gasteiger partial charge in [0.15, 0.2) is 0 Å². The van der Waals surface area contributed by atoms with Gasteiger partial charge in [0.25, 0.3) is 5.91 Å². The maximum atomic E-state index is 12.7. The summed E-state index contributed by atoms with van der Waals surface area (Å²) in [5, 5.41) is 0. The third-order valence-electron chi connectivity index (χ3n) is 3.78. The SMILES string of the molecule is COc1cc(C(=O)N(C)CCc2ccncc2)c(OC)cc1C. The van der Waals surface area contributed by atoms with Gasteiger partial charge in [-0.15, -0.1) is 0 Å². The van der Waals surface area contributed by atoms with Crippen LogP contribution in [0.15, 0.2) is 36.7 Å². The van der Waals surface area contributed by atoms with E-state index in [4.69, 9.17) is 9.47 Å². The van der Waals surface area contributed by atoms with Crippen LogP contribution in [-0.2, 0) is 6.42 Å².